The third-order valence-electron chi connectivity index (χ3n) is 3.64. The number of benzene rings is 2. The Kier molecular flexibility index (Phi) is 4.10. The molecule has 5 nitrogen and oxygen atoms in total. The Hall–Kier alpha value is -3.08. The molecule has 5 heteroatoms. The molecule has 116 valence electrons. The van der Waals surface area contributed by atoms with Gasteiger partial charge in [-0.3, -0.25) is 4.79 Å². The lowest BCUT2D eigenvalue weighted by molar-refractivity contribution is -0.693. The van der Waals surface area contributed by atoms with Gasteiger partial charge in [0.1, 0.15) is 12.3 Å². The molecule has 3 aromatic rings. The second kappa shape index (κ2) is 6.36. The van der Waals surface area contributed by atoms with Crippen LogP contribution in [0.3, 0.4) is 0 Å². The molecular weight excluding hydrogens is 292 g/mol. The lowest BCUT2D eigenvalue weighted by Gasteiger charge is -2.08. The summed E-state index contributed by atoms with van der Waals surface area (Å²) in [4.78, 5) is 13.3. The zero-order valence-electron chi connectivity index (χ0n) is 12.7. The number of ketones is 1. The van der Waals surface area contributed by atoms with Crippen molar-refractivity contribution in [1.82, 2.24) is 4.68 Å². The Bertz CT molecular complexity index is 808. The fourth-order valence-electron chi connectivity index (χ4n) is 2.40. The number of hydrogen-bond donors (Lipinski definition) is 0. The van der Waals surface area contributed by atoms with E-state index in [1.54, 1.807) is 37.4 Å². The first-order valence-corrected chi connectivity index (χ1v) is 7.20. The number of methoxy groups -OCH3 is 1. The molecule has 0 N–H and O–H groups in total. The number of ether oxygens (including phenoxy) is 1. The van der Waals surface area contributed by atoms with Crippen molar-refractivity contribution in [2.24, 2.45) is 0 Å². The van der Waals surface area contributed by atoms with E-state index in [4.69, 9.17) is 4.74 Å². The van der Waals surface area contributed by atoms with Gasteiger partial charge in [-0.05, 0) is 17.7 Å². The number of hydrogen-bond acceptors (Lipinski definition) is 3. The summed E-state index contributed by atoms with van der Waals surface area (Å²) in [6.07, 6.45) is 1.35. The van der Waals surface area contributed by atoms with Gasteiger partial charge in [0.05, 0.1) is 7.11 Å². The van der Waals surface area contributed by atoms with Crippen LogP contribution in [-0.2, 0) is 6.54 Å². The topological polar surface area (TPSA) is 58.2 Å². The van der Waals surface area contributed by atoms with Crippen LogP contribution in [0.15, 0.2) is 66.9 Å². The van der Waals surface area contributed by atoms with Crippen LogP contribution >= 0.6 is 0 Å². The fourth-order valence-corrected chi connectivity index (χ4v) is 2.40. The average Bonchev–Trinajstić information content (AvgIpc) is 2.96. The van der Waals surface area contributed by atoms with E-state index in [1.165, 1.54) is 10.9 Å². The van der Waals surface area contributed by atoms with Gasteiger partial charge in [0.2, 0.25) is 12.0 Å². The minimum atomic E-state index is -0.172. The first kappa shape index (κ1) is 14.8. The highest BCUT2D eigenvalue weighted by Crippen LogP contribution is 2.14. The van der Waals surface area contributed by atoms with E-state index in [-0.39, 0.29) is 5.78 Å². The number of carbonyl (C=O) groups excluding carboxylic acids is 1. The highest BCUT2D eigenvalue weighted by Gasteiger charge is 2.19. The Labute approximate surface area is 133 Å². The third-order valence-corrected chi connectivity index (χ3v) is 3.64. The van der Waals surface area contributed by atoms with E-state index < -0.39 is 0 Å². The molecule has 0 spiro atoms. The SMILES string of the molecule is COc1ccc(Cn2c(C(=O)c3ccccc3)cc[n+]2[O-])cc1. The van der Waals surface area contributed by atoms with Crippen molar-refractivity contribution in [2.45, 2.75) is 6.54 Å². The van der Waals surface area contributed by atoms with Gasteiger partial charge >= 0.3 is 0 Å². The van der Waals surface area contributed by atoms with Crippen molar-refractivity contribution in [1.29, 1.82) is 0 Å². The van der Waals surface area contributed by atoms with Gasteiger partial charge < -0.3 is 9.94 Å². The molecule has 2 aromatic carbocycles. The van der Waals surface area contributed by atoms with Crippen LogP contribution < -0.4 is 9.58 Å². The number of aromatic nitrogens is 2. The van der Waals surface area contributed by atoms with Gasteiger partial charge in [-0.25, -0.2) is 0 Å². The molecule has 0 bridgehead atoms. The summed E-state index contributed by atoms with van der Waals surface area (Å²) in [6, 6.07) is 17.9. The van der Waals surface area contributed by atoms with Crippen LogP contribution in [0.5, 0.6) is 5.75 Å². The molecule has 1 heterocycles. The lowest BCUT2D eigenvalue weighted by Crippen LogP contribution is -2.38. The van der Waals surface area contributed by atoms with Crippen LogP contribution in [-0.4, -0.2) is 17.6 Å². The lowest BCUT2D eigenvalue weighted by atomic mass is 10.1. The monoisotopic (exact) mass is 308 g/mol. The van der Waals surface area contributed by atoms with Crippen LogP contribution in [0, 0.1) is 5.21 Å². The Balaban J connectivity index is 1.91. The second-order valence-corrected chi connectivity index (χ2v) is 5.10. The zero-order chi connectivity index (χ0) is 16.2. The van der Waals surface area contributed by atoms with Crippen LogP contribution in [0.4, 0.5) is 0 Å². The summed E-state index contributed by atoms with van der Waals surface area (Å²) in [5.41, 5.74) is 1.83. The molecule has 1 aromatic heterocycles. The van der Waals surface area contributed by atoms with Crippen molar-refractivity contribution >= 4 is 5.78 Å². The minimum Gasteiger partial charge on any atom is -0.596 e. The van der Waals surface area contributed by atoms with E-state index >= 15 is 0 Å². The highest BCUT2D eigenvalue weighted by atomic mass is 16.5. The Morgan fingerprint density at radius 3 is 2.43 bits per heavy atom. The van der Waals surface area contributed by atoms with Gasteiger partial charge in [-0.2, -0.15) is 0 Å². The van der Waals surface area contributed by atoms with E-state index in [0.29, 0.717) is 22.6 Å². The predicted molar refractivity (Wildman–Crippen MR) is 85.4 cm³/mol. The van der Waals surface area contributed by atoms with Crippen molar-refractivity contribution in [3.05, 3.63) is 88.9 Å². The molecule has 0 fully saturated rings. The van der Waals surface area contributed by atoms with Crippen LogP contribution in [0.25, 0.3) is 0 Å². The first-order chi connectivity index (χ1) is 11.2. The Morgan fingerprint density at radius 1 is 1.09 bits per heavy atom. The van der Waals surface area contributed by atoms with Gasteiger partial charge in [0, 0.05) is 11.6 Å². The Morgan fingerprint density at radius 2 is 1.78 bits per heavy atom. The standard InChI is InChI=1S/C18H16N2O3/c1-23-16-9-7-14(8-10-16)13-19-17(11-12-20(19)22)18(21)15-5-3-2-4-6-15/h2-12H,13H2,1H3. The predicted octanol–water partition coefficient (Wildman–Crippen LogP) is 2.41. The minimum absolute atomic E-state index is 0.172. The number of carbonyl (C=O) groups is 1. The largest absolute Gasteiger partial charge is 0.596 e. The normalized spacial score (nSPS) is 10.5. The summed E-state index contributed by atoms with van der Waals surface area (Å²) < 4.78 is 6.53. The number of nitrogens with zero attached hydrogens (tertiary/aromatic N) is 2. The second-order valence-electron chi connectivity index (χ2n) is 5.10. The van der Waals surface area contributed by atoms with E-state index in [1.807, 2.05) is 30.3 Å². The molecule has 0 aliphatic rings. The smallest absolute Gasteiger partial charge is 0.215 e. The fraction of sp³-hybridized carbons (Fsp3) is 0.111. The molecule has 0 radical (unpaired) electrons. The highest BCUT2D eigenvalue weighted by molar-refractivity contribution is 6.07. The third kappa shape index (κ3) is 3.08. The van der Waals surface area contributed by atoms with Crippen molar-refractivity contribution in [3.63, 3.8) is 0 Å². The van der Waals surface area contributed by atoms with Gasteiger partial charge in [0.15, 0.2) is 5.69 Å². The molecular formula is C18H16N2O3. The molecule has 0 amide bonds. The summed E-state index contributed by atoms with van der Waals surface area (Å²) in [5.74, 6) is 0.575. The molecule has 0 unspecified atom stereocenters. The number of rotatable bonds is 5. The molecule has 0 atom stereocenters. The summed E-state index contributed by atoms with van der Waals surface area (Å²) in [7, 11) is 1.60. The zero-order valence-corrected chi connectivity index (χ0v) is 12.7. The van der Waals surface area contributed by atoms with E-state index in [9.17, 15) is 10.0 Å². The molecule has 0 saturated carbocycles. The van der Waals surface area contributed by atoms with Crippen LogP contribution in [0.2, 0.25) is 0 Å². The van der Waals surface area contributed by atoms with Gasteiger partial charge in [0.25, 0.3) is 0 Å². The van der Waals surface area contributed by atoms with Gasteiger partial charge in [-0.1, -0.05) is 47.3 Å². The molecule has 23 heavy (non-hydrogen) atoms. The maximum Gasteiger partial charge on any atom is 0.215 e. The van der Waals surface area contributed by atoms with Crippen LogP contribution in [0.1, 0.15) is 21.6 Å². The van der Waals surface area contributed by atoms with Gasteiger partial charge in [-0.15, -0.1) is 4.68 Å². The van der Waals surface area contributed by atoms with E-state index in [0.717, 1.165) is 11.3 Å². The average molecular weight is 308 g/mol. The molecule has 0 aliphatic carbocycles. The maximum atomic E-state index is 12.6. The van der Waals surface area contributed by atoms with Crippen molar-refractivity contribution in [2.75, 3.05) is 7.11 Å². The van der Waals surface area contributed by atoms with Crippen molar-refractivity contribution in [3.8, 4) is 5.75 Å². The van der Waals surface area contributed by atoms with E-state index in [2.05, 4.69) is 0 Å². The summed E-state index contributed by atoms with van der Waals surface area (Å²) in [6.45, 7) is 0.314. The quantitative estimate of drug-likeness (QED) is 0.413. The first-order valence-electron chi connectivity index (χ1n) is 7.20. The molecule has 0 saturated heterocycles. The summed E-state index contributed by atoms with van der Waals surface area (Å²) in [5, 5.41) is 12.0. The van der Waals surface area contributed by atoms with Crippen molar-refractivity contribution < 1.29 is 14.4 Å². The summed E-state index contributed by atoms with van der Waals surface area (Å²) >= 11 is 0. The molecule has 3 rings (SSSR count). The molecule has 0 aliphatic heterocycles. The maximum absolute atomic E-state index is 12.6.